The lowest BCUT2D eigenvalue weighted by Gasteiger charge is -2.12. The summed E-state index contributed by atoms with van der Waals surface area (Å²) in [5.74, 6) is 0. The Morgan fingerprint density at radius 2 is 2.00 bits per heavy atom. The normalized spacial score (nSPS) is 24.4. The lowest BCUT2D eigenvalue weighted by molar-refractivity contribution is 0.364. The summed E-state index contributed by atoms with van der Waals surface area (Å²) in [6.45, 7) is 5.33. The second kappa shape index (κ2) is 4.31. The molecule has 0 unspecified atom stereocenters. The molecule has 1 heterocycles. The average Bonchev–Trinajstić information content (AvgIpc) is 2.37. The van der Waals surface area contributed by atoms with E-state index >= 15 is 0 Å². The molecule has 1 aliphatic rings. The molecular formula is C10H18N2. The van der Waals surface area contributed by atoms with E-state index in [4.69, 9.17) is 0 Å². The van der Waals surface area contributed by atoms with E-state index < -0.39 is 0 Å². The molecule has 0 atom stereocenters. The summed E-state index contributed by atoms with van der Waals surface area (Å²) >= 11 is 0. The smallest absolute Gasteiger partial charge is 0.0518 e. The van der Waals surface area contributed by atoms with Crippen LogP contribution in [0.4, 0.5) is 0 Å². The molecule has 0 saturated carbocycles. The molecule has 1 aliphatic heterocycles. The summed E-state index contributed by atoms with van der Waals surface area (Å²) in [5, 5.41) is 2.10. The van der Waals surface area contributed by atoms with E-state index in [1.54, 1.807) is 0 Å². The quantitative estimate of drug-likeness (QED) is 0.675. The number of nitrogens with one attached hydrogen (secondary N) is 1. The van der Waals surface area contributed by atoms with Gasteiger partial charge in [0.05, 0.1) is 5.70 Å². The molecule has 0 aromatic heterocycles. The van der Waals surface area contributed by atoms with Gasteiger partial charge in [0.15, 0.2) is 0 Å². The summed E-state index contributed by atoms with van der Waals surface area (Å²) < 4.78 is 0. The lowest BCUT2D eigenvalue weighted by atomic mass is 10.1. The molecule has 0 aromatic rings. The van der Waals surface area contributed by atoms with Gasteiger partial charge in [0.25, 0.3) is 0 Å². The third kappa shape index (κ3) is 1.89. The maximum atomic E-state index is 3.29. The second-order valence-corrected chi connectivity index (χ2v) is 3.03. The SMILES string of the molecule is CC/C=C1/CNN(C)/C1=C/CC. The Labute approximate surface area is 74.9 Å². The summed E-state index contributed by atoms with van der Waals surface area (Å²) in [6, 6.07) is 0. The third-order valence-corrected chi connectivity index (χ3v) is 2.05. The minimum Gasteiger partial charge on any atom is -0.311 e. The summed E-state index contributed by atoms with van der Waals surface area (Å²) in [4.78, 5) is 0. The first kappa shape index (κ1) is 9.33. The minimum absolute atomic E-state index is 0.982. The molecule has 1 fully saturated rings. The molecule has 2 nitrogen and oxygen atoms in total. The lowest BCUT2D eigenvalue weighted by Crippen LogP contribution is -2.24. The molecule has 0 amide bonds. The van der Waals surface area contributed by atoms with Crippen LogP contribution in [0.5, 0.6) is 0 Å². The van der Waals surface area contributed by atoms with E-state index in [2.05, 4.69) is 43.5 Å². The van der Waals surface area contributed by atoms with Crippen molar-refractivity contribution in [3.05, 3.63) is 23.4 Å². The Morgan fingerprint density at radius 3 is 2.58 bits per heavy atom. The molecular weight excluding hydrogens is 148 g/mol. The molecule has 2 heteroatoms. The van der Waals surface area contributed by atoms with Crippen molar-refractivity contribution in [2.24, 2.45) is 0 Å². The number of nitrogens with zero attached hydrogens (tertiary/aromatic N) is 1. The number of allylic oxidation sites excluding steroid dienone is 2. The molecule has 12 heavy (non-hydrogen) atoms. The summed E-state index contributed by atoms with van der Waals surface area (Å²) in [5.41, 5.74) is 6.06. The van der Waals surface area contributed by atoms with Crippen LogP contribution in [-0.4, -0.2) is 18.6 Å². The van der Waals surface area contributed by atoms with Crippen molar-refractivity contribution < 1.29 is 0 Å². The van der Waals surface area contributed by atoms with Gasteiger partial charge in [0.1, 0.15) is 0 Å². The van der Waals surface area contributed by atoms with Crippen molar-refractivity contribution in [1.82, 2.24) is 10.4 Å². The molecule has 1 rings (SSSR count). The Balaban J connectivity index is 2.77. The molecule has 0 radical (unpaired) electrons. The van der Waals surface area contributed by atoms with Gasteiger partial charge in [-0.3, -0.25) is 0 Å². The van der Waals surface area contributed by atoms with Crippen molar-refractivity contribution in [1.29, 1.82) is 0 Å². The van der Waals surface area contributed by atoms with E-state index in [0.29, 0.717) is 0 Å². The van der Waals surface area contributed by atoms with Crippen LogP contribution in [0.1, 0.15) is 26.7 Å². The maximum absolute atomic E-state index is 3.29. The first-order valence-corrected chi connectivity index (χ1v) is 4.66. The van der Waals surface area contributed by atoms with E-state index in [-0.39, 0.29) is 0 Å². The largest absolute Gasteiger partial charge is 0.311 e. The van der Waals surface area contributed by atoms with E-state index in [1.165, 1.54) is 11.3 Å². The number of likely N-dealkylation sites (N-methyl/N-ethyl adjacent to an activating group) is 1. The van der Waals surface area contributed by atoms with Crippen molar-refractivity contribution in [3.63, 3.8) is 0 Å². The topological polar surface area (TPSA) is 15.3 Å². The van der Waals surface area contributed by atoms with Crippen LogP contribution in [-0.2, 0) is 0 Å². The number of hydrazine groups is 1. The van der Waals surface area contributed by atoms with E-state index in [0.717, 1.165) is 19.4 Å². The highest BCUT2D eigenvalue weighted by Crippen LogP contribution is 2.18. The molecule has 68 valence electrons. The standard InChI is InChI=1S/C10H18N2/c1-4-6-9-8-11-12(3)10(9)7-5-2/h6-7,11H,4-5,8H2,1-3H3/b9-6-,10-7+. The Kier molecular flexibility index (Phi) is 3.35. The van der Waals surface area contributed by atoms with Crippen LogP contribution in [0.25, 0.3) is 0 Å². The molecule has 1 N–H and O–H groups in total. The predicted molar refractivity (Wildman–Crippen MR) is 52.5 cm³/mol. The highest BCUT2D eigenvalue weighted by molar-refractivity contribution is 5.33. The van der Waals surface area contributed by atoms with Crippen molar-refractivity contribution in [3.8, 4) is 0 Å². The third-order valence-electron chi connectivity index (χ3n) is 2.05. The summed E-state index contributed by atoms with van der Waals surface area (Å²) in [6.07, 6.45) is 6.77. The fourth-order valence-electron chi connectivity index (χ4n) is 1.48. The molecule has 0 aliphatic carbocycles. The van der Waals surface area contributed by atoms with Crippen LogP contribution in [0.2, 0.25) is 0 Å². The van der Waals surface area contributed by atoms with Gasteiger partial charge in [-0.25, -0.2) is 5.43 Å². The zero-order valence-electron chi connectivity index (χ0n) is 8.22. The van der Waals surface area contributed by atoms with Gasteiger partial charge in [-0.2, -0.15) is 0 Å². The van der Waals surface area contributed by atoms with Gasteiger partial charge in [-0.1, -0.05) is 26.0 Å². The van der Waals surface area contributed by atoms with Crippen LogP contribution in [0, 0.1) is 0 Å². The molecule has 1 saturated heterocycles. The highest BCUT2D eigenvalue weighted by atomic mass is 15.5. The number of rotatable bonds is 2. The number of hydrogen-bond donors (Lipinski definition) is 1. The van der Waals surface area contributed by atoms with Crippen molar-refractivity contribution in [2.45, 2.75) is 26.7 Å². The van der Waals surface area contributed by atoms with Gasteiger partial charge < -0.3 is 5.01 Å². The van der Waals surface area contributed by atoms with E-state index in [1.807, 2.05) is 0 Å². The van der Waals surface area contributed by atoms with Gasteiger partial charge in [0.2, 0.25) is 0 Å². The predicted octanol–water partition coefficient (Wildman–Crippen LogP) is 2.07. The first-order chi connectivity index (χ1) is 5.79. The highest BCUT2D eigenvalue weighted by Gasteiger charge is 2.16. The molecule has 0 spiro atoms. The van der Waals surface area contributed by atoms with Crippen LogP contribution >= 0.6 is 0 Å². The Hall–Kier alpha value is -0.760. The van der Waals surface area contributed by atoms with E-state index in [9.17, 15) is 0 Å². The van der Waals surface area contributed by atoms with Gasteiger partial charge >= 0.3 is 0 Å². The Morgan fingerprint density at radius 1 is 1.33 bits per heavy atom. The monoisotopic (exact) mass is 166 g/mol. The maximum Gasteiger partial charge on any atom is 0.0518 e. The fourth-order valence-corrected chi connectivity index (χ4v) is 1.48. The second-order valence-electron chi connectivity index (χ2n) is 3.03. The van der Waals surface area contributed by atoms with Gasteiger partial charge in [0, 0.05) is 13.6 Å². The van der Waals surface area contributed by atoms with Gasteiger partial charge in [-0.05, 0) is 18.4 Å². The first-order valence-electron chi connectivity index (χ1n) is 4.66. The average molecular weight is 166 g/mol. The van der Waals surface area contributed by atoms with Crippen molar-refractivity contribution in [2.75, 3.05) is 13.6 Å². The molecule has 0 aromatic carbocycles. The van der Waals surface area contributed by atoms with Crippen LogP contribution in [0.3, 0.4) is 0 Å². The Bertz CT molecular complexity index is 204. The minimum atomic E-state index is 0.982. The zero-order valence-corrected chi connectivity index (χ0v) is 8.22. The zero-order chi connectivity index (χ0) is 8.97. The van der Waals surface area contributed by atoms with Crippen LogP contribution in [0.15, 0.2) is 23.4 Å². The molecule has 0 bridgehead atoms. The summed E-state index contributed by atoms with van der Waals surface area (Å²) in [7, 11) is 2.07. The van der Waals surface area contributed by atoms with Crippen LogP contribution < -0.4 is 5.43 Å². The fraction of sp³-hybridized carbons (Fsp3) is 0.600. The number of hydrogen-bond acceptors (Lipinski definition) is 2. The van der Waals surface area contributed by atoms with Crippen molar-refractivity contribution >= 4 is 0 Å². The van der Waals surface area contributed by atoms with Gasteiger partial charge in [-0.15, -0.1) is 0 Å².